The Balaban J connectivity index is 2.68. The number of nitrogens with zero attached hydrogens (tertiary/aromatic N) is 1. The van der Waals surface area contributed by atoms with Gasteiger partial charge in [-0.3, -0.25) is 4.79 Å². The number of hydrogen-bond acceptors (Lipinski definition) is 3. The fourth-order valence-corrected chi connectivity index (χ4v) is 2.63. The van der Waals surface area contributed by atoms with Crippen LogP contribution in [0.4, 0.5) is 0 Å². The molecule has 0 aliphatic rings. The molecule has 1 rings (SSSR count). The molecule has 0 aromatic heterocycles. The quantitative estimate of drug-likeness (QED) is 0.824. The SMILES string of the molecule is CCC(=O)NCCN(Cc1cccc(C)c1)S(C)(=O)=O. The molecular weight excluding hydrogens is 276 g/mol. The Bertz CT molecular complexity index is 555. The highest BCUT2D eigenvalue weighted by atomic mass is 32.2. The summed E-state index contributed by atoms with van der Waals surface area (Å²) in [6.07, 6.45) is 1.58. The minimum absolute atomic E-state index is 0.0750. The first kappa shape index (κ1) is 16.7. The van der Waals surface area contributed by atoms with E-state index in [0.717, 1.165) is 11.1 Å². The molecule has 5 nitrogen and oxygen atoms in total. The summed E-state index contributed by atoms with van der Waals surface area (Å²) in [5.41, 5.74) is 2.03. The van der Waals surface area contributed by atoms with Crippen LogP contribution in [0, 0.1) is 6.92 Å². The number of sulfonamides is 1. The molecule has 0 atom stereocenters. The van der Waals surface area contributed by atoms with E-state index >= 15 is 0 Å². The van der Waals surface area contributed by atoms with Gasteiger partial charge in [0.05, 0.1) is 6.26 Å². The van der Waals surface area contributed by atoms with Crippen molar-refractivity contribution in [2.24, 2.45) is 0 Å². The van der Waals surface area contributed by atoms with Gasteiger partial charge in [0.25, 0.3) is 0 Å². The van der Waals surface area contributed by atoms with E-state index in [9.17, 15) is 13.2 Å². The lowest BCUT2D eigenvalue weighted by molar-refractivity contribution is -0.120. The molecule has 0 spiro atoms. The number of carbonyl (C=O) groups is 1. The van der Waals surface area contributed by atoms with Crippen molar-refractivity contribution in [3.8, 4) is 0 Å². The van der Waals surface area contributed by atoms with Gasteiger partial charge in [-0.25, -0.2) is 8.42 Å². The van der Waals surface area contributed by atoms with Crippen LogP contribution in [-0.4, -0.2) is 38.0 Å². The second-order valence-corrected chi connectivity index (χ2v) is 6.77. The van der Waals surface area contributed by atoms with Crippen LogP contribution in [0.25, 0.3) is 0 Å². The summed E-state index contributed by atoms with van der Waals surface area (Å²) in [7, 11) is -3.30. The molecule has 1 N–H and O–H groups in total. The van der Waals surface area contributed by atoms with E-state index in [2.05, 4.69) is 5.32 Å². The molecule has 0 unspecified atom stereocenters. The largest absolute Gasteiger partial charge is 0.355 e. The van der Waals surface area contributed by atoms with Gasteiger partial charge in [0.1, 0.15) is 0 Å². The van der Waals surface area contributed by atoms with Crippen molar-refractivity contribution in [1.29, 1.82) is 0 Å². The van der Waals surface area contributed by atoms with Crippen LogP contribution in [0.5, 0.6) is 0 Å². The summed E-state index contributed by atoms with van der Waals surface area (Å²) < 4.78 is 24.9. The monoisotopic (exact) mass is 298 g/mol. The lowest BCUT2D eigenvalue weighted by Gasteiger charge is -2.20. The van der Waals surface area contributed by atoms with Crippen molar-refractivity contribution in [2.75, 3.05) is 19.3 Å². The fraction of sp³-hybridized carbons (Fsp3) is 0.500. The van der Waals surface area contributed by atoms with E-state index in [4.69, 9.17) is 0 Å². The van der Waals surface area contributed by atoms with Gasteiger partial charge in [-0.1, -0.05) is 36.8 Å². The summed E-state index contributed by atoms with van der Waals surface area (Å²) >= 11 is 0. The Morgan fingerprint density at radius 1 is 1.35 bits per heavy atom. The molecule has 20 heavy (non-hydrogen) atoms. The maximum Gasteiger partial charge on any atom is 0.219 e. The summed E-state index contributed by atoms with van der Waals surface area (Å²) in [6.45, 7) is 4.65. The molecule has 1 aromatic rings. The zero-order valence-electron chi connectivity index (χ0n) is 12.2. The van der Waals surface area contributed by atoms with Crippen molar-refractivity contribution in [3.05, 3.63) is 35.4 Å². The highest BCUT2D eigenvalue weighted by molar-refractivity contribution is 7.88. The molecule has 0 aliphatic heterocycles. The molecule has 6 heteroatoms. The lowest BCUT2D eigenvalue weighted by atomic mass is 10.1. The Kier molecular flexibility index (Phi) is 6.16. The minimum atomic E-state index is -3.30. The van der Waals surface area contributed by atoms with Crippen LogP contribution >= 0.6 is 0 Å². The van der Waals surface area contributed by atoms with Gasteiger partial charge in [0, 0.05) is 26.1 Å². The Labute approximate surface area is 121 Å². The first-order valence-electron chi connectivity index (χ1n) is 6.60. The Hall–Kier alpha value is -1.40. The summed E-state index contributed by atoms with van der Waals surface area (Å²) in [4.78, 5) is 11.2. The predicted molar refractivity (Wildman–Crippen MR) is 79.7 cm³/mol. The van der Waals surface area contributed by atoms with Crippen molar-refractivity contribution in [3.63, 3.8) is 0 Å². The average molecular weight is 298 g/mol. The lowest BCUT2D eigenvalue weighted by Crippen LogP contribution is -2.37. The van der Waals surface area contributed by atoms with Gasteiger partial charge in [0.2, 0.25) is 15.9 Å². The molecule has 1 aromatic carbocycles. The van der Waals surface area contributed by atoms with E-state index in [1.165, 1.54) is 10.6 Å². The maximum atomic E-state index is 11.8. The normalized spacial score (nSPS) is 11.6. The third-order valence-electron chi connectivity index (χ3n) is 2.91. The third-order valence-corrected chi connectivity index (χ3v) is 4.16. The van der Waals surface area contributed by atoms with Crippen LogP contribution in [-0.2, 0) is 21.4 Å². The van der Waals surface area contributed by atoms with Crippen molar-refractivity contribution in [2.45, 2.75) is 26.8 Å². The van der Waals surface area contributed by atoms with Crippen LogP contribution in [0.1, 0.15) is 24.5 Å². The molecule has 0 saturated carbocycles. The van der Waals surface area contributed by atoms with Crippen molar-refractivity contribution < 1.29 is 13.2 Å². The molecule has 0 fully saturated rings. The number of amides is 1. The van der Waals surface area contributed by atoms with Gasteiger partial charge >= 0.3 is 0 Å². The molecule has 0 aliphatic carbocycles. The number of rotatable bonds is 7. The van der Waals surface area contributed by atoms with Gasteiger partial charge in [-0.05, 0) is 12.5 Å². The van der Waals surface area contributed by atoms with E-state index < -0.39 is 10.0 Å². The Morgan fingerprint density at radius 2 is 2.05 bits per heavy atom. The van der Waals surface area contributed by atoms with E-state index in [0.29, 0.717) is 19.5 Å². The number of aryl methyl sites for hydroxylation is 1. The smallest absolute Gasteiger partial charge is 0.219 e. The fourth-order valence-electron chi connectivity index (χ4n) is 1.82. The third kappa shape index (κ3) is 5.71. The molecule has 0 radical (unpaired) electrons. The van der Waals surface area contributed by atoms with Crippen LogP contribution in [0.2, 0.25) is 0 Å². The predicted octanol–water partition coefficient (Wildman–Crippen LogP) is 1.28. The van der Waals surface area contributed by atoms with Gasteiger partial charge < -0.3 is 5.32 Å². The zero-order valence-corrected chi connectivity index (χ0v) is 13.0. The molecule has 0 heterocycles. The van der Waals surface area contributed by atoms with Crippen molar-refractivity contribution in [1.82, 2.24) is 9.62 Å². The van der Waals surface area contributed by atoms with E-state index in [-0.39, 0.29) is 12.5 Å². The first-order valence-corrected chi connectivity index (χ1v) is 8.45. The van der Waals surface area contributed by atoms with E-state index in [1.54, 1.807) is 6.92 Å². The van der Waals surface area contributed by atoms with E-state index in [1.807, 2.05) is 31.2 Å². The van der Waals surface area contributed by atoms with Gasteiger partial charge in [-0.15, -0.1) is 0 Å². The standard InChI is InChI=1S/C14H22N2O3S/c1-4-14(17)15-8-9-16(20(3,18)19)11-13-7-5-6-12(2)10-13/h5-7,10H,4,8-9,11H2,1-3H3,(H,15,17). The van der Waals surface area contributed by atoms with Gasteiger partial charge in [-0.2, -0.15) is 4.31 Å². The number of benzene rings is 1. The topological polar surface area (TPSA) is 66.5 Å². The van der Waals surface area contributed by atoms with Gasteiger partial charge in [0.15, 0.2) is 0 Å². The number of hydrogen-bond donors (Lipinski definition) is 1. The highest BCUT2D eigenvalue weighted by Gasteiger charge is 2.16. The molecule has 0 bridgehead atoms. The molecule has 0 saturated heterocycles. The first-order chi connectivity index (χ1) is 9.32. The Morgan fingerprint density at radius 3 is 2.60 bits per heavy atom. The minimum Gasteiger partial charge on any atom is -0.355 e. The molecular formula is C14H22N2O3S. The second-order valence-electron chi connectivity index (χ2n) is 4.79. The number of carbonyl (C=O) groups excluding carboxylic acids is 1. The van der Waals surface area contributed by atoms with Crippen LogP contribution in [0.3, 0.4) is 0 Å². The van der Waals surface area contributed by atoms with Crippen LogP contribution in [0.15, 0.2) is 24.3 Å². The maximum absolute atomic E-state index is 11.8. The summed E-state index contributed by atoms with van der Waals surface area (Å²) in [5, 5.41) is 2.69. The van der Waals surface area contributed by atoms with Crippen LogP contribution < -0.4 is 5.32 Å². The summed E-state index contributed by atoms with van der Waals surface area (Å²) in [6, 6.07) is 7.73. The molecule has 1 amide bonds. The molecule has 112 valence electrons. The average Bonchev–Trinajstić information content (AvgIpc) is 2.36. The zero-order chi connectivity index (χ0) is 15.2. The second kappa shape index (κ2) is 7.40. The summed E-state index contributed by atoms with van der Waals surface area (Å²) in [5.74, 6) is -0.0750. The highest BCUT2D eigenvalue weighted by Crippen LogP contribution is 2.10. The number of nitrogens with one attached hydrogen (secondary N) is 1. The van der Waals surface area contributed by atoms with Crippen molar-refractivity contribution >= 4 is 15.9 Å².